The van der Waals surface area contributed by atoms with Gasteiger partial charge in [-0.3, -0.25) is 4.79 Å². The van der Waals surface area contributed by atoms with Crippen LogP contribution < -0.4 is 5.32 Å². The minimum absolute atomic E-state index is 0.0520. The summed E-state index contributed by atoms with van der Waals surface area (Å²) >= 11 is 3.47. The first-order valence-corrected chi connectivity index (χ1v) is 8.21. The standard InChI is InChI=1S/C17H18BrN3O/c1-12-10-16(19-17(22)13-6-3-2-4-7-13)21(20-12)15-9-5-8-14(18)11-15/h2-3,5,8-11,13H,4,6-7H2,1H3,(H,19,22). The SMILES string of the molecule is Cc1cc(NC(=O)C2CC=CCC2)n(-c2cccc(Br)c2)n1. The first-order chi connectivity index (χ1) is 10.6. The molecule has 0 fully saturated rings. The van der Waals surface area contributed by atoms with E-state index in [0.29, 0.717) is 0 Å². The van der Waals surface area contributed by atoms with Gasteiger partial charge in [-0.15, -0.1) is 0 Å². The third-order valence-electron chi connectivity index (χ3n) is 3.78. The molecular formula is C17H18BrN3O. The van der Waals surface area contributed by atoms with E-state index < -0.39 is 0 Å². The monoisotopic (exact) mass is 359 g/mol. The molecule has 114 valence electrons. The number of allylic oxidation sites excluding steroid dienone is 2. The molecule has 0 saturated heterocycles. The van der Waals surface area contributed by atoms with Crippen molar-refractivity contribution in [2.24, 2.45) is 5.92 Å². The molecule has 1 heterocycles. The molecule has 0 bridgehead atoms. The fourth-order valence-corrected chi connectivity index (χ4v) is 3.04. The van der Waals surface area contributed by atoms with Crippen LogP contribution in [0.5, 0.6) is 0 Å². The largest absolute Gasteiger partial charge is 0.310 e. The molecule has 1 aromatic heterocycles. The summed E-state index contributed by atoms with van der Waals surface area (Å²) < 4.78 is 2.75. The number of hydrogen-bond acceptors (Lipinski definition) is 2. The van der Waals surface area contributed by atoms with Crippen molar-refractivity contribution >= 4 is 27.7 Å². The highest BCUT2D eigenvalue weighted by molar-refractivity contribution is 9.10. The number of carbonyl (C=O) groups excluding carboxylic acids is 1. The topological polar surface area (TPSA) is 46.9 Å². The Morgan fingerprint density at radius 3 is 2.95 bits per heavy atom. The minimum Gasteiger partial charge on any atom is -0.310 e. The van der Waals surface area contributed by atoms with Gasteiger partial charge >= 0.3 is 0 Å². The van der Waals surface area contributed by atoms with Crippen molar-refractivity contribution < 1.29 is 4.79 Å². The molecule has 4 nitrogen and oxygen atoms in total. The van der Waals surface area contributed by atoms with E-state index in [4.69, 9.17) is 0 Å². The fraction of sp³-hybridized carbons (Fsp3) is 0.294. The van der Waals surface area contributed by atoms with Crippen LogP contribution in [-0.4, -0.2) is 15.7 Å². The number of hydrogen-bond donors (Lipinski definition) is 1. The van der Waals surface area contributed by atoms with Crippen molar-refractivity contribution in [3.63, 3.8) is 0 Å². The van der Waals surface area contributed by atoms with E-state index in [2.05, 4.69) is 38.5 Å². The van der Waals surface area contributed by atoms with Gasteiger partial charge < -0.3 is 5.32 Å². The number of benzene rings is 1. The lowest BCUT2D eigenvalue weighted by molar-refractivity contribution is -0.120. The van der Waals surface area contributed by atoms with E-state index in [9.17, 15) is 4.79 Å². The molecule has 3 rings (SSSR count). The fourth-order valence-electron chi connectivity index (χ4n) is 2.65. The van der Waals surface area contributed by atoms with Crippen LogP contribution >= 0.6 is 15.9 Å². The molecule has 0 radical (unpaired) electrons. The Morgan fingerprint density at radius 2 is 2.23 bits per heavy atom. The summed E-state index contributed by atoms with van der Waals surface area (Å²) in [6.07, 6.45) is 6.93. The Hall–Kier alpha value is -1.88. The highest BCUT2D eigenvalue weighted by Gasteiger charge is 2.20. The summed E-state index contributed by atoms with van der Waals surface area (Å²) in [6, 6.07) is 9.76. The highest BCUT2D eigenvalue weighted by atomic mass is 79.9. The van der Waals surface area contributed by atoms with Crippen molar-refractivity contribution in [2.45, 2.75) is 26.2 Å². The lowest BCUT2D eigenvalue weighted by atomic mass is 9.94. The molecule has 2 aromatic rings. The first-order valence-electron chi connectivity index (χ1n) is 7.42. The number of aryl methyl sites for hydroxylation is 1. The van der Waals surface area contributed by atoms with Crippen molar-refractivity contribution in [3.05, 3.63) is 52.7 Å². The number of nitrogens with one attached hydrogen (secondary N) is 1. The number of halogens is 1. The van der Waals surface area contributed by atoms with Crippen LogP contribution in [0.1, 0.15) is 25.0 Å². The number of amides is 1. The Bertz CT molecular complexity index is 720. The molecule has 1 atom stereocenters. The maximum absolute atomic E-state index is 12.4. The van der Waals surface area contributed by atoms with Crippen molar-refractivity contribution in [3.8, 4) is 5.69 Å². The van der Waals surface area contributed by atoms with Crippen molar-refractivity contribution in [1.29, 1.82) is 0 Å². The third kappa shape index (κ3) is 3.30. The Balaban J connectivity index is 1.85. The molecule has 1 aliphatic carbocycles. The molecule has 0 aliphatic heterocycles. The van der Waals surface area contributed by atoms with E-state index in [1.807, 2.05) is 37.3 Å². The van der Waals surface area contributed by atoms with Crippen LogP contribution in [0, 0.1) is 12.8 Å². The lowest BCUT2D eigenvalue weighted by Crippen LogP contribution is -2.24. The van der Waals surface area contributed by atoms with Crippen LogP contribution in [0.3, 0.4) is 0 Å². The number of anilines is 1. The third-order valence-corrected chi connectivity index (χ3v) is 4.27. The van der Waals surface area contributed by atoms with Gasteiger partial charge in [0, 0.05) is 16.5 Å². The normalized spacial score (nSPS) is 17.5. The number of carbonyl (C=O) groups is 1. The van der Waals surface area contributed by atoms with Gasteiger partial charge in [0.2, 0.25) is 5.91 Å². The van der Waals surface area contributed by atoms with Gasteiger partial charge in [-0.05, 0) is 44.4 Å². The second-order valence-corrected chi connectivity index (χ2v) is 6.45. The predicted octanol–water partition coefficient (Wildman–Crippen LogP) is 4.24. The summed E-state index contributed by atoms with van der Waals surface area (Å²) in [5.74, 6) is 0.840. The molecule has 1 N–H and O–H groups in total. The van der Waals surface area contributed by atoms with Gasteiger partial charge in [-0.1, -0.05) is 34.1 Å². The molecule has 1 unspecified atom stereocenters. The molecule has 1 amide bonds. The second-order valence-electron chi connectivity index (χ2n) is 5.53. The van der Waals surface area contributed by atoms with Gasteiger partial charge in [-0.25, -0.2) is 4.68 Å². The molecule has 0 spiro atoms. The molecule has 5 heteroatoms. The molecule has 0 saturated carbocycles. The Kier molecular flexibility index (Phi) is 4.43. The molecule has 1 aromatic carbocycles. The minimum atomic E-state index is 0.0520. The van der Waals surface area contributed by atoms with E-state index in [0.717, 1.165) is 40.9 Å². The lowest BCUT2D eigenvalue weighted by Gasteiger charge is -2.17. The van der Waals surface area contributed by atoms with Crippen molar-refractivity contribution in [2.75, 3.05) is 5.32 Å². The van der Waals surface area contributed by atoms with Gasteiger partial charge in [0.25, 0.3) is 0 Å². The summed E-state index contributed by atoms with van der Waals surface area (Å²) in [4.78, 5) is 12.4. The Morgan fingerprint density at radius 1 is 1.36 bits per heavy atom. The van der Waals surface area contributed by atoms with Crippen molar-refractivity contribution in [1.82, 2.24) is 9.78 Å². The molecule has 22 heavy (non-hydrogen) atoms. The van der Waals surface area contributed by atoms with Gasteiger partial charge in [0.05, 0.1) is 11.4 Å². The highest BCUT2D eigenvalue weighted by Crippen LogP contribution is 2.23. The van der Waals surface area contributed by atoms with E-state index in [1.165, 1.54) is 0 Å². The van der Waals surface area contributed by atoms with Gasteiger partial charge in [-0.2, -0.15) is 5.10 Å². The average molecular weight is 360 g/mol. The predicted molar refractivity (Wildman–Crippen MR) is 91.1 cm³/mol. The van der Waals surface area contributed by atoms with Gasteiger partial charge in [0.1, 0.15) is 5.82 Å². The van der Waals surface area contributed by atoms with Crippen LogP contribution in [0.4, 0.5) is 5.82 Å². The van der Waals surface area contributed by atoms with Crippen LogP contribution in [0.15, 0.2) is 47.0 Å². The Labute approximate surface area is 138 Å². The van der Waals surface area contributed by atoms with E-state index >= 15 is 0 Å². The van der Waals surface area contributed by atoms with Crippen LogP contribution in [-0.2, 0) is 4.79 Å². The maximum atomic E-state index is 12.4. The smallest absolute Gasteiger partial charge is 0.228 e. The molecule has 1 aliphatic rings. The average Bonchev–Trinajstić information content (AvgIpc) is 2.89. The number of rotatable bonds is 3. The molecular weight excluding hydrogens is 342 g/mol. The maximum Gasteiger partial charge on any atom is 0.228 e. The summed E-state index contributed by atoms with van der Waals surface area (Å²) in [5.41, 5.74) is 1.79. The van der Waals surface area contributed by atoms with E-state index in [1.54, 1.807) is 4.68 Å². The van der Waals surface area contributed by atoms with E-state index in [-0.39, 0.29) is 11.8 Å². The van der Waals surface area contributed by atoms with Crippen LogP contribution in [0.25, 0.3) is 5.69 Å². The van der Waals surface area contributed by atoms with Crippen LogP contribution in [0.2, 0.25) is 0 Å². The summed E-state index contributed by atoms with van der Waals surface area (Å²) in [7, 11) is 0. The second kappa shape index (κ2) is 6.48. The number of nitrogens with zero attached hydrogens (tertiary/aromatic N) is 2. The quantitative estimate of drug-likeness (QED) is 0.833. The summed E-state index contributed by atoms with van der Waals surface area (Å²) in [5, 5.41) is 7.52. The zero-order chi connectivity index (χ0) is 15.5. The summed E-state index contributed by atoms with van der Waals surface area (Å²) in [6.45, 7) is 1.92. The first kappa shape index (κ1) is 15.0. The number of aromatic nitrogens is 2. The zero-order valence-corrected chi connectivity index (χ0v) is 14.0. The van der Waals surface area contributed by atoms with Gasteiger partial charge in [0.15, 0.2) is 0 Å². The zero-order valence-electron chi connectivity index (χ0n) is 12.4.